The van der Waals surface area contributed by atoms with Gasteiger partial charge in [-0.05, 0) is 51.7 Å². The maximum Gasteiger partial charge on any atom is 0.410 e. The number of carbonyl (C=O) groups is 1. The number of likely N-dealkylation sites (tertiary alicyclic amines) is 1. The van der Waals surface area contributed by atoms with Gasteiger partial charge in [0.25, 0.3) is 0 Å². The average molecular weight is 428 g/mol. The average Bonchev–Trinajstić information content (AvgIpc) is 2.72. The number of halogens is 1. The smallest absolute Gasteiger partial charge is 0.410 e. The number of nitrogens with one attached hydrogen (secondary N) is 1. The Morgan fingerprint density at radius 1 is 1.30 bits per heavy atom. The van der Waals surface area contributed by atoms with E-state index >= 15 is 0 Å². The number of hydrogen-bond acceptors (Lipinski definition) is 6. The molecule has 1 saturated heterocycles. The molecule has 0 radical (unpaired) electrons. The monoisotopic (exact) mass is 427 g/mol. The molecule has 1 aliphatic rings. The van der Waals surface area contributed by atoms with Crippen molar-refractivity contribution in [2.45, 2.75) is 39.2 Å². The normalized spacial score (nSPS) is 14.8. The molecule has 0 atom stereocenters. The fourth-order valence-corrected chi connectivity index (χ4v) is 3.44. The summed E-state index contributed by atoms with van der Waals surface area (Å²) < 4.78 is 5.44. The molecule has 1 aromatic carbocycles. The number of carbonyl (C=O) groups excluding carboxylic acids is 1. The van der Waals surface area contributed by atoms with Crippen LogP contribution in [0.25, 0.3) is 11.3 Å². The van der Waals surface area contributed by atoms with Crippen LogP contribution in [0.5, 0.6) is 0 Å². The highest BCUT2D eigenvalue weighted by Crippen LogP contribution is 2.27. The predicted octanol–water partition coefficient (Wildman–Crippen LogP) is 4.73. The summed E-state index contributed by atoms with van der Waals surface area (Å²) in [6, 6.07) is 9.21. The van der Waals surface area contributed by atoms with E-state index < -0.39 is 5.60 Å². The molecule has 0 aliphatic carbocycles. The van der Waals surface area contributed by atoms with Gasteiger partial charge in [0.15, 0.2) is 0 Å². The number of aromatic nitrogens is 2. The number of nitrogens with zero attached hydrogens (tertiary/aromatic N) is 4. The van der Waals surface area contributed by atoms with E-state index in [1.165, 1.54) is 0 Å². The third kappa shape index (κ3) is 5.83. The molecule has 2 heterocycles. The van der Waals surface area contributed by atoms with Crippen molar-refractivity contribution in [3.63, 3.8) is 0 Å². The van der Waals surface area contributed by atoms with Crippen molar-refractivity contribution in [2.24, 2.45) is 5.92 Å². The number of ether oxygens (including phenoxy) is 1. The maximum absolute atomic E-state index is 12.2. The number of piperidine rings is 1. The Morgan fingerprint density at radius 2 is 1.97 bits per heavy atom. The molecular weight excluding hydrogens is 402 g/mol. The fourth-order valence-electron chi connectivity index (χ4n) is 3.24. The molecule has 1 amide bonds. The number of hydrogen-bond donors (Lipinski definition) is 1. The van der Waals surface area contributed by atoms with Gasteiger partial charge >= 0.3 is 6.09 Å². The van der Waals surface area contributed by atoms with Gasteiger partial charge in [0.05, 0.1) is 28.5 Å². The zero-order valence-corrected chi connectivity index (χ0v) is 18.2. The van der Waals surface area contributed by atoms with Gasteiger partial charge in [0.2, 0.25) is 5.95 Å². The minimum Gasteiger partial charge on any atom is -0.444 e. The van der Waals surface area contributed by atoms with E-state index in [-0.39, 0.29) is 6.09 Å². The second-order valence-corrected chi connectivity index (χ2v) is 8.78. The summed E-state index contributed by atoms with van der Waals surface area (Å²) in [4.78, 5) is 22.8. The van der Waals surface area contributed by atoms with Gasteiger partial charge in [-0.3, -0.25) is 0 Å². The molecule has 30 heavy (non-hydrogen) atoms. The number of anilines is 1. The summed E-state index contributed by atoms with van der Waals surface area (Å²) in [5.74, 6) is 0.926. The Kier molecular flexibility index (Phi) is 6.78. The summed E-state index contributed by atoms with van der Waals surface area (Å²) in [7, 11) is 0. The molecule has 1 N–H and O–H groups in total. The highest BCUT2D eigenvalue weighted by molar-refractivity contribution is 6.32. The van der Waals surface area contributed by atoms with Gasteiger partial charge in [-0.15, -0.1) is 0 Å². The van der Waals surface area contributed by atoms with Gasteiger partial charge < -0.3 is 15.0 Å². The van der Waals surface area contributed by atoms with Crippen LogP contribution in [-0.2, 0) is 4.74 Å². The quantitative estimate of drug-likeness (QED) is 0.758. The van der Waals surface area contributed by atoms with Crippen molar-refractivity contribution in [3.8, 4) is 17.3 Å². The van der Waals surface area contributed by atoms with Crippen LogP contribution in [0.3, 0.4) is 0 Å². The second-order valence-electron chi connectivity index (χ2n) is 8.37. The van der Waals surface area contributed by atoms with E-state index in [9.17, 15) is 4.79 Å². The first-order valence-corrected chi connectivity index (χ1v) is 10.4. The van der Waals surface area contributed by atoms with Gasteiger partial charge in [-0.2, -0.15) is 5.26 Å². The van der Waals surface area contributed by atoms with E-state index in [4.69, 9.17) is 21.6 Å². The molecule has 0 bridgehead atoms. The molecule has 7 nitrogen and oxygen atoms in total. The number of benzene rings is 1. The molecule has 2 aromatic rings. The lowest BCUT2D eigenvalue weighted by molar-refractivity contribution is 0.0188. The first kappa shape index (κ1) is 21.8. The Bertz CT molecular complexity index is 926. The van der Waals surface area contributed by atoms with Crippen LogP contribution in [0.15, 0.2) is 30.5 Å². The number of rotatable bonds is 4. The molecule has 0 spiro atoms. The van der Waals surface area contributed by atoms with Crippen molar-refractivity contribution in [3.05, 3.63) is 41.0 Å². The van der Waals surface area contributed by atoms with Gasteiger partial charge in [0.1, 0.15) is 5.60 Å². The fraction of sp³-hybridized carbons (Fsp3) is 0.455. The molecule has 0 saturated carbocycles. The molecule has 158 valence electrons. The molecule has 1 fully saturated rings. The van der Waals surface area contributed by atoms with Crippen molar-refractivity contribution in [1.29, 1.82) is 5.26 Å². The lowest BCUT2D eigenvalue weighted by Crippen LogP contribution is -2.42. The largest absolute Gasteiger partial charge is 0.444 e. The van der Waals surface area contributed by atoms with Crippen LogP contribution in [0.2, 0.25) is 5.02 Å². The van der Waals surface area contributed by atoms with E-state index in [0.717, 1.165) is 24.9 Å². The summed E-state index contributed by atoms with van der Waals surface area (Å²) >= 11 is 6.28. The topological polar surface area (TPSA) is 91.1 Å². The highest BCUT2D eigenvalue weighted by Gasteiger charge is 2.26. The highest BCUT2D eigenvalue weighted by atomic mass is 35.5. The van der Waals surface area contributed by atoms with Gasteiger partial charge in [-0.1, -0.05) is 23.7 Å². The van der Waals surface area contributed by atoms with Gasteiger partial charge in [-0.25, -0.2) is 14.8 Å². The third-order valence-corrected chi connectivity index (χ3v) is 5.12. The number of amides is 1. The van der Waals surface area contributed by atoms with Crippen LogP contribution >= 0.6 is 11.6 Å². The van der Waals surface area contributed by atoms with Crippen molar-refractivity contribution in [1.82, 2.24) is 14.9 Å². The third-order valence-electron chi connectivity index (χ3n) is 4.85. The first-order valence-electron chi connectivity index (χ1n) is 10.00. The van der Waals surface area contributed by atoms with E-state index in [1.807, 2.05) is 32.9 Å². The van der Waals surface area contributed by atoms with Crippen LogP contribution < -0.4 is 5.32 Å². The zero-order valence-electron chi connectivity index (χ0n) is 17.5. The summed E-state index contributed by atoms with van der Waals surface area (Å²) in [6.07, 6.45) is 3.11. The van der Waals surface area contributed by atoms with Crippen molar-refractivity contribution in [2.75, 3.05) is 25.0 Å². The summed E-state index contributed by atoms with van der Waals surface area (Å²) in [5.41, 5.74) is 1.56. The van der Waals surface area contributed by atoms with Crippen molar-refractivity contribution >= 4 is 23.6 Å². The number of nitriles is 1. The van der Waals surface area contributed by atoms with Crippen molar-refractivity contribution < 1.29 is 9.53 Å². The maximum atomic E-state index is 12.2. The SMILES string of the molecule is CC(C)(C)OC(=O)N1CCC(CNc2ncc(Cl)c(-c3ccc(C#N)cc3)n2)CC1. The summed E-state index contributed by atoms with van der Waals surface area (Å²) in [5, 5.41) is 12.7. The Labute approximate surface area is 182 Å². The van der Waals surface area contributed by atoms with E-state index in [1.54, 1.807) is 23.2 Å². The van der Waals surface area contributed by atoms with E-state index in [2.05, 4.69) is 21.4 Å². The van der Waals surface area contributed by atoms with Crippen LogP contribution in [0.4, 0.5) is 10.7 Å². The molecule has 1 aromatic heterocycles. The predicted molar refractivity (Wildman–Crippen MR) is 116 cm³/mol. The Balaban J connectivity index is 1.55. The summed E-state index contributed by atoms with van der Waals surface area (Å²) in [6.45, 7) is 7.70. The Morgan fingerprint density at radius 3 is 2.57 bits per heavy atom. The molecule has 3 rings (SSSR count). The standard InChI is InChI=1S/C22H26ClN5O2/c1-22(2,3)30-21(29)28-10-8-16(9-11-28)13-25-20-26-14-18(23)19(27-20)17-6-4-15(12-24)5-7-17/h4-7,14,16H,8-11,13H2,1-3H3,(H,25,26,27). The first-order chi connectivity index (χ1) is 14.2. The van der Waals surface area contributed by atoms with Crippen LogP contribution in [0, 0.1) is 17.2 Å². The van der Waals surface area contributed by atoms with Crippen LogP contribution in [-0.4, -0.2) is 46.2 Å². The van der Waals surface area contributed by atoms with Gasteiger partial charge in [0, 0.05) is 25.2 Å². The lowest BCUT2D eigenvalue weighted by atomic mass is 9.97. The molecule has 1 aliphatic heterocycles. The molecule has 8 heteroatoms. The molecular formula is C22H26ClN5O2. The minimum atomic E-state index is -0.478. The van der Waals surface area contributed by atoms with E-state index in [0.29, 0.717) is 41.2 Å². The lowest BCUT2D eigenvalue weighted by Gasteiger charge is -2.33. The second kappa shape index (κ2) is 9.31. The zero-order chi connectivity index (χ0) is 21.7. The molecule has 0 unspecified atom stereocenters. The minimum absolute atomic E-state index is 0.248. The van der Waals surface area contributed by atoms with Crippen LogP contribution in [0.1, 0.15) is 39.2 Å². The Hall–Kier alpha value is -2.85.